The molecule has 2 aromatic rings. The highest BCUT2D eigenvalue weighted by Crippen LogP contribution is 2.15. The number of anilines is 1. The molecule has 0 aliphatic carbocycles. The number of pyridine rings is 1. The molecule has 0 unspecified atom stereocenters. The summed E-state index contributed by atoms with van der Waals surface area (Å²) in [6, 6.07) is 8.13. The van der Waals surface area contributed by atoms with Crippen LogP contribution in [0.5, 0.6) is 0 Å². The Morgan fingerprint density at radius 3 is 2.91 bits per heavy atom. The van der Waals surface area contributed by atoms with Gasteiger partial charge in [-0.05, 0) is 37.1 Å². The number of furan rings is 1. The van der Waals surface area contributed by atoms with Gasteiger partial charge in [-0.15, -0.1) is 0 Å². The van der Waals surface area contributed by atoms with Crippen molar-refractivity contribution in [1.82, 2.24) is 15.2 Å². The van der Waals surface area contributed by atoms with E-state index in [9.17, 15) is 9.59 Å². The Morgan fingerprint density at radius 2 is 2.17 bits per heavy atom. The molecule has 3 heterocycles. The van der Waals surface area contributed by atoms with E-state index in [-0.39, 0.29) is 23.6 Å². The van der Waals surface area contributed by atoms with Gasteiger partial charge in [0.1, 0.15) is 11.5 Å². The second-order valence-electron chi connectivity index (χ2n) is 5.49. The zero-order valence-corrected chi connectivity index (χ0v) is 12.6. The fraction of sp³-hybridized carbons (Fsp3) is 0.312. The molecule has 0 saturated carbocycles. The van der Waals surface area contributed by atoms with Gasteiger partial charge in [0.05, 0.1) is 6.26 Å². The molecule has 7 nitrogen and oxygen atoms in total. The molecule has 1 aliphatic rings. The third-order valence-electron chi connectivity index (χ3n) is 3.78. The van der Waals surface area contributed by atoms with Crippen LogP contribution >= 0.6 is 0 Å². The summed E-state index contributed by atoms with van der Waals surface area (Å²) in [5.74, 6) is 0.177. The maximum atomic E-state index is 12.3. The van der Waals surface area contributed by atoms with Crippen LogP contribution in [0.15, 0.2) is 41.0 Å². The Hall–Kier alpha value is -2.83. The van der Waals surface area contributed by atoms with Crippen molar-refractivity contribution in [2.75, 3.05) is 18.8 Å². The van der Waals surface area contributed by atoms with Crippen molar-refractivity contribution in [3.05, 3.63) is 48.0 Å². The van der Waals surface area contributed by atoms with Crippen LogP contribution in [-0.4, -0.2) is 40.8 Å². The summed E-state index contributed by atoms with van der Waals surface area (Å²) in [6.45, 7) is 1.11. The number of piperidine rings is 1. The van der Waals surface area contributed by atoms with Crippen LogP contribution < -0.4 is 11.1 Å². The highest BCUT2D eigenvalue weighted by Gasteiger charge is 2.27. The molecule has 1 saturated heterocycles. The minimum atomic E-state index is -0.283. The second-order valence-corrected chi connectivity index (χ2v) is 5.49. The Bertz CT molecular complexity index is 699. The summed E-state index contributed by atoms with van der Waals surface area (Å²) >= 11 is 0. The Balaban J connectivity index is 1.62. The zero-order valence-electron chi connectivity index (χ0n) is 12.6. The standard InChI is InChI=1S/C16H18N4O3/c17-14-7-1-5-12(19-14)15(21)18-11-4-2-8-20(10-11)16(22)13-6-3-9-23-13/h1,3,5-7,9,11H,2,4,8,10H2,(H2,17,19)(H,18,21)/t11-/m0/s1. The van der Waals surface area contributed by atoms with E-state index in [4.69, 9.17) is 10.2 Å². The van der Waals surface area contributed by atoms with Crippen molar-refractivity contribution in [2.45, 2.75) is 18.9 Å². The molecule has 0 bridgehead atoms. The number of hydrogen-bond acceptors (Lipinski definition) is 5. The lowest BCUT2D eigenvalue weighted by molar-refractivity contribution is 0.0646. The van der Waals surface area contributed by atoms with Crippen LogP contribution in [0.4, 0.5) is 5.82 Å². The zero-order chi connectivity index (χ0) is 16.2. The molecule has 1 atom stereocenters. The molecule has 1 aliphatic heterocycles. The molecule has 3 rings (SSSR count). The molecule has 2 aromatic heterocycles. The molecule has 0 spiro atoms. The second kappa shape index (κ2) is 6.51. The summed E-state index contributed by atoms with van der Waals surface area (Å²) in [7, 11) is 0. The van der Waals surface area contributed by atoms with Gasteiger partial charge in [-0.3, -0.25) is 9.59 Å². The van der Waals surface area contributed by atoms with E-state index in [2.05, 4.69) is 10.3 Å². The highest BCUT2D eigenvalue weighted by molar-refractivity contribution is 5.93. The number of rotatable bonds is 3. The Kier molecular flexibility index (Phi) is 4.27. The van der Waals surface area contributed by atoms with E-state index in [0.29, 0.717) is 24.7 Å². The van der Waals surface area contributed by atoms with Crippen LogP contribution in [0.25, 0.3) is 0 Å². The first-order chi connectivity index (χ1) is 11.1. The van der Waals surface area contributed by atoms with Gasteiger partial charge in [0.2, 0.25) is 0 Å². The number of nitrogens with zero attached hydrogens (tertiary/aromatic N) is 2. The van der Waals surface area contributed by atoms with Gasteiger partial charge in [0.25, 0.3) is 11.8 Å². The lowest BCUT2D eigenvalue weighted by Crippen LogP contribution is -2.49. The Morgan fingerprint density at radius 1 is 1.30 bits per heavy atom. The van der Waals surface area contributed by atoms with Gasteiger partial charge in [-0.1, -0.05) is 6.07 Å². The number of nitrogens with one attached hydrogen (secondary N) is 1. The minimum Gasteiger partial charge on any atom is -0.459 e. The van der Waals surface area contributed by atoms with Gasteiger partial charge >= 0.3 is 0 Å². The van der Waals surface area contributed by atoms with Crippen LogP contribution in [0.2, 0.25) is 0 Å². The smallest absolute Gasteiger partial charge is 0.289 e. The van der Waals surface area contributed by atoms with Crippen molar-refractivity contribution in [3.63, 3.8) is 0 Å². The molecule has 23 heavy (non-hydrogen) atoms. The number of aromatic nitrogens is 1. The van der Waals surface area contributed by atoms with Crippen LogP contribution in [0.3, 0.4) is 0 Å². The number of hydrogen-bond donors (Lipinski definition) is 2. The number of nitrogens with two attached hydrogens (primary N) is 1. The topological polar surface area (TPSA) is 101 Å². The summed E-state index contributed by atoms with van der Waals surface area (Å²) in [4.78, 5) is 30.2. The largest absolute Gasteiger partial charge is 0.459 e. The van der Waals surface area contributed by atoms with E-state index >= 15 is 0 Å². The average molecular weight is 314 g/mol. The minimum absolute atomic E-state index is 0.113. The summed E-state index contributed by atoms with van der Waals surface area (Å²) in [6.07, 6.45) is 3.11. The number of carbonyl (C=O) groups is 2. The predicted molar refractivity (Wildman–Crippen MR) is 83.7 cm³/mol. The van der Waals surface area contributed by atoms with Crippen molar-refractivity contribution in [2.24, 2.45) is 0 Å². The number of likely N-dealkylation sites (tertiary alicyclic amines) is 1. The third kappa shape index (κ3) is 3.50. The summed E-state index contributed by atoms with van der Waals surface area (Å²) in [5.41, 5.74) is 5.87. The Labute approximate surface area is 133 Å². The molecule has 120 valence electrons. The molecule has 7 heteroatoms. The van der Waals surface area contributed by atoms with Crippen molar-refractivity contribution >= 4 is 17.6 Å². The van der Waals surface area contributed by atoms with E-state index in [0.717, 1.165) is 12.8 Å². The SMILES string of the molecule is Nc1cccc(C(=O)N[C@H]2CCCN(C(=O)c3ccco3)C2)n1. The molecule has 3 N–H and O–H groups in total. The van der Waals surface area contributed by atoms with Gasteiger partial charge in [-0.25, -0.2) is 4.98 Å². The lowest BCUT2D eigenvalue weighted by Gasteiger charge is -2.32. The van der Waals surface area contributed by atoms with E-state index in [1.807, 2.05) is 0 Å². The van der Waals surface area contributed by atoms with Crippen molar-refractivity contribution in [1.29, 1.82) is 0 Å². The maximum absolute atomic E-state index is 12.3. The molecule has 1 fully saturated rings. The van der Waals surface area contributed by atoms with Gasteiger partial charge in [-0.2, -0.15) is 0 Å². The van der Waals surface area contributed by atoms with Crippen molar-refractivity contribution < 1.29 is 14.0 Å². The molecule has 2 amide bonds. The van der Waals surface area contributed by atoms with Crippen molar-refractivity contribution in [3.8, 4) is 0 Å². The van der Waals surface area contributed by atoms with Crippen LogP contribution in [-0.2, 0) is 0 Å². The van der Waals surface area contributed by atoms with E-state index < -0.39 is 0 Å². The predicted octanol–water partition coefficient (Wildman–Crippen LogP) is 1.29. The highest BCUT2D eigenvalue weighted by atomic mass is 16.3. The van der Waals surface area contributed by atoms with E-state index in [1.54, 1.807) is 35.2 Å². The van der Waals surface area contributed by atoms with Crippen LogP contribution in [0.1, 0.15) is 33.9 Å². The molecule has 0 aromatic carbocycles. The summed E-state index contributed by atoms with van der Waals surface area (Å²) < 4.78 is 5.14. The van der Waals surface area contributed by atoms with E-state index in [1.165, 1.54) is 6.26 Å². The number of amides is 2. The molecular weight excluding hydrogens is 296 g/mol. The van der Waals surface area contributed by atoms with Gasteiger partial charge < -0.3 is 20.4 Å². The fourth-order valence-electron chi connectivity index (χ4n) is 2.67. The first-order valence-electron chi connectivity index (χ1n) is 7.49. The first-order valence-corrected chi connectivity index (χ1v) is 7.49. The average Bonchev–Trinajstić information content (AvgIpc) is 3.09. The maximum Gasteiger partial charge on any atom is 0.289 e. The number of carbonyl (C=O) groups excluding carboxylic acids is 2. The first kappa shape index (κ1) is 15.1. The summed E-state index contributed by atoms with van der Waals surface area (Å²) in [5, 5.41) is 2.91. The normalized spacial score (nSPS) is 17.7. The van der Waals surface area contributed by atoms with Gasteiger partial charge in [0, 0.05) is 19.1 Å². The quantitative estimate of drug-likeness (QED) is 0.889. The monoisotopic (exact) mass is 314 g/mol. The number of nitrogen functional groups attached to an aromatic ring is 1. The third-order valence-corrected chi connectivity index (χ3v) is 3.78. The molecular formula is C16H18N4O3. The van der Waals surface area contributed by atoms with Gasteiger partial charge in [0.15, 0.2) is 5.76 Å². The van der Waals surface area contributed by atoms with Crippen LogP contribution in [0, 0.1) is 0 Å². The lowest BCUT2D eigenvalue weighted by atomic mass is 10.1. The molecule has 0 radical (unpaired) electrons. The fourth-order valence-corrected chi connectivity index (χ4v) is 2.67.